The molecule has 0 aliphatic rings. The van der Waals surface area contributed by atoms with Crippen molar-refractivity contribution in [2.75, 3.05) is 0 Å². The van der Waals surface area contributed by atoms with Crippen LogP contribution in [0, 0.1) is 10.1 Å². The third-order valence-corrected chi connectivity index (χ3v) is 4.13. The highest BCUT2D eigenvalue weighted by atomic mass is 35.5. The van der Waals surface area contributed by atoms with Crippen LogP contribution in [0.5, 0.6) is 0 Å². The normalized spacial score (nSPS) is 11.2. The van der Waals surface area contributed by atoms with E-state index in [1.54, 1.807) is 19.2 Å². The van der Waals surface area contributed by atoms with Gasteiger partial charge in [0.1, 0.15) is 6.20 Å². The average Bonchev–Trinajstić information content (AvgIpc) is 3.15. The molecular formula is C13H10ClN7O2S. The van der Waals surface area contributed by atoms with Gasteiger partial charge in [-0.2, -0.15) is 5.11 Å². The fraction of sp³-hybridized carbons (Fsp3) is 0.154. The van der Waals surface area contributed by atoms with Gasteiger partial charge < -0.3 is 10.1 Å². The number of hydrogen-bond acceptors (Lipinski definition) is 8. The van der Waals surface area contributed by atoms with Crippen molar-refractivity contribution in [1.82, 2.24) is 19.7 Å². The molecule has 3 aromatic rings. The molecule has 1 aromatic carbocycles. The summed E-state index contributed by atoms with van der Waals surface area (Å²) >= 11 is 6.97. The molecule has 3 rings (SSSR count). The molecule has 0 spiro atoms. The number of aromatic nitrogens is 4. The molecule has 0 saturated heterocycles. The highest BCUT2D eigenvalue weighted by Crippen LogP contribution is 2.29. The minimum Gasteiger partial charge on any atom is -0.358 e. The van der Waals surface area contributed by atoms with Crippen molar-refractivity contribution in [2.45, 2.75) is 6.54 Å². The van der Waals surface area contributed by atoms with Crippen LogP contribution in [0.3, 0.4) is 0 Å². The summed E-state index contributed by atoms with van der Waals surface area (Å²) in [5.41, 5.74) is 0.965. The number of halogens is 1. The van der Waals surface area contributed by atoms with Gasteiger partial charge in [-0.05, 0) is 22.6 Å². The van der Waals surface area contributed by atoms with E-state index in [4.69, 9.17) is 11.6 Å². The smallest absolute Gasteiger partial charge is 0.342 e. The first-order valence-electron chi connectivity index (χ1n) is 6.66. The summed E-state index contributed by atoms with van der Waals surface area (Å²) in [6, 6.07) is 7.28. The molecule has 0 amide bonds. The molecule has 24 heavy (non-hydrogen) atoms. The van der Waals surface area contributed by atoms with Gasteiger partial charge in [0.15, 0.2) is 0 Å². The van der Waals surface area contributed by atoms with E-state index in [9.17, 15) is 10.1 Å². The molecule has 0 saturated carbocycles. The van der Waals surface area contributed by atoms with Crippen molar-refractivity contribution in [3.05, 3.63) is 51.2 Å². The van der Waals surface area contributed by atoms with E-state index < -0.39 is 4.92 Å². The van der Waals surface area contributed by atoms with Crippen LogP contribution in [0.2, 0.25) is 5.02 Å². The van der Waals surface area contributed by atoms with Crippen molar-refractivity contribution in [3.8, 4) is 10.8 Å². The number of benzene rings is 1. The predicted molar refractivity (Wildman–Crippen MR) is 88.4 cm³/mol. The molecule has 0 atom stereocenters. The molecule has 9 nitrogen and oxygen atoms in total. The fourth-order valence-electron chi connectivity index (χ4n) is 1.88. The first-order chi connectivity index (χ1) is 11.5. The summed E-state index contributed by atoms with van der Waals surface area (Å²) in [5, 5.41) is 28.2. The van der Waals surface area contributed by atoms with Gasteiger partial charge in [0.25, 0.3) is 11.0 Å². The van der Waals surface area contributed by atoms with Gasteiger partial charge in [0.2, 0.25) is 5.01 Å². The fourth-order valence-corrected chi connectivity index (χ4v) is 2.72. The van der Waals surface area contributed by atoms with Crippen LogP contribution in [-0.2, 0) is 13.6 Å². The lowest BCUT2D eigenvalue weighted by Crippen LogP contribution is -1.98. The van der Waals surface area contributed by atoms with Crippen LogP contribution in [0.4, 0.5) is 10.9 Å². The van der Waals surface area contributed by atoms with Gasteiger partial charge in [-0.15, -0.1) is 15.3 Å². The molecule has 0 N–H and O–H groups in total. The average molecular weight is 364 g/mol. The second-order valence-corrected chi connectivity index (χ2v) is 6.06. The summed E-state index contributed by atoms with van der Waals surface area (Å²) in [6.45, 7) is 0.389. The maximum Gasteiger partial charge on any atom is 0.342 e. The zero-order valence-corrected chi connectivity index (χ0v) is 13.9. The first kappa shape index (κ1) is 16.1. The minimum absolute atomic E-state index is 0.119. The van der Waals surface area contributed by atoms with Gasteiger partial charge in [-0.1, -0.05) is 35.1 Å². The summed E-state index contributed by atoms with van der Waals surface area (Å²) in [6.07, 6.45) is 1.18. The molecule has 0 bridgehead atoms. The van der Waals surface area contributed by atoms with E-state index in [2.05, 4.69) is 25.4 Å². The number of nitrogens with zero attached hydrogens (tertiary/aromatic N) is 7. The number of hydrogen-bond donors (Lipinski definition) is 0. The van der Waals surface area contributed by atoms with E-state index >= 15 is 0 Å². The van der Waals surface area contributed by atoms with Crippen molar-refractivity contribution in [1.29, 1.82) is 0 Å². The van der Waals surface area contributed by atoms with Crippen LogP contribution in [0.1, 0.15) is 5.56 Å². The van der Waals surface area contributed by atoms with E-state index in [0.717, 1.165) is 16.9 Å². The molecule has 122 valence electrons. The third kappa shape index (κ3) is 3.44. The molecule has 0 radical (unpaired) electrons. The maximum atomic E-state index is 10.8. The van der Waals surface area contributed by atoms with Crippen LogP contribution in [-0.4, -0.2) is 24.7 Å². The first-order valence-corrected chi connectivity index (χ1v) is 7.86. The predicted octanol–water partition coefficient (Wildman–Crippen LogP) is 3.78. The second-order valence-electron chi connectivity index (χ2n) is 4.67. The topological polar surface area (TPSA) is 111 Å². The van der Waals surface area contributed by atoms with E-state index in [1.165, 1.54) is 10.8 Å². The summed E-state index contributed by atoms with van der Waals surface area (Å²) in [7, 11) is 1.55. The van der Waals surface area contributed by atoms with E-state index in [0.29, 0.717) is 27.5 Å². The Balaban J connectivity index is 1.72. The Bertz CT molecular complexity index is 903. The summed E-state index contributed by atoms with van der Waals surface area (Å²) in [4.78, 5) is 14.3. The Hall–Kier alpha value is -2.72. The SMILES string of the molecule is Cn1c([N+](=O)[O-])cnc1-c1nnc(N=NCc2ccc(Cl)cc2)s1. The van der Waals surface area contributed by atoms with Crippen LogP contribution < -0.4 is 0 Å². The monoisotopic (exact) mass is 363 g/mol. The minimum atomic E-state index is -0.510. The maximum absolute atomic E-state index is 10.8. The van der Waals surface area contributed by atoms with E-state index in [-0.39, 0.29) is 5.82 Å². The summed E-state index contributed by atoms with van der Waals surface area (Å²) < 4.78 is 1.34. The molecule has 11 heteroatoms. The number of imidazole rings is 1. The number of nitro groups is 1. The van der Waals surface area contributed by atoms with Gasteiger partial charge in [0.05, 0.1) is 13.6 Å². The van der Waals surface area contributed by atoms with Crippen LogP contribution >= 0.6 is 22.9 Å². The molecule has 0 aliphatic carbocycles. The van der Waals surface area contributed by atoms with Crippen molar-refractivity contribution in [3.63, 3.8) is 0 Å². The Labute approximate surface area is 144 Å². The lowest BCUT2D eigenvalue weighted by atomic mass is 10.2. The summed E-state index contributed by atoms with van der Waals surface area (Å²) in [5.74, 6) is 0.240. The largest absolute Gasteiger partial charge is 0.358 e. The molecule has 0 aliphatic heterocycles. The van der Waals surface area contributed by atoms with E-state index in [1.807, 2.05) is 12.1 Å². The van der Waals surface area contributed by atoms with Gasteiger partial charge >= 0.3 is 5.82 Å². The van der Waals surface area contributed by atoms with Crippen LogP contribution in [0.25, 0.3) is 10.8 Å². The Morgan fingerprint density at radius 1 is 1.33 bits per heavy atom. The van der Waals surface area contributed by atoms with Crippen LogP contribution in [0.15, 0.2) is 40.7 Å². The molecule has 0 fully saturated rings. The number of rotatable bonds is 5. The second kappa shape index (κ2) is 6.81. The highest BCUT2D eigenvalue weighted by molar-refractivity contribution is 7.18. The van der Waals surface area contributed by atoms with Gasteiger partial charge in [0, 0.05) is 5.02 Å². The molecule has 0 unspecified atom stereocenters. The lowest BCUT2D eigenvalue weighted by molar-refractivity contribution is -0.391. The van der Waals surface area contributed by atoms with Crippen molar-refractivity contribution < 1.29 is 4.92 Å². The highest BCUT2D eigenvalue weighted by Gasteiger charge is 2.21. The Morgan fingerprint density at radius 2 is 2.08 bits per heavy atom. The van der Waals surface area contributed by atoms with Gasteiger partial charge in [-0.3, -0.25) is 0 Å². The standard InChI is InChI=1S/C13H10ClN7O2S/c1-20-10(21(22)23)7-15-11(20)12-17-19-13(24-12)18-16-6-8-2-4-9(14)5-3-8/h2-5,7H,6H2,1H3. The molecule has 2 heterocycles. The lowest BCUT2D eigenvalue weighted by Gasteiger charge is -1.94. The quantitative estimate of drug-likeness (QED) is 0.389. The molecular weight excluding hydrogens is 354 g/mol. The van der Waals surface area contributed by atoms with Gasteiger partial charge in [-0.25, -0.2) is 9.55 Å². The zero-order valence-electron chi connectivity index (χ0n) is 12.3. The van der Waals surface area contributed by atoms with Crippen molar-refractivity contribution >= 4 is 33.9 Å². The molecule has 2 aromatic heterocycles. The van der Waals surface area contributed by atoms with Crippen molar-refractivity contribution in [2.24, 2.45) is 17.3 Å². The third-order valence-electron chi connectivity index (χ3n) is 3.08. The zero-order chi connectivity index (χ0) is 17.1. The Kier molecular flexibility index (Phi) is 4.58. The number of azo groups is 1. The Morgan fingerprint density at radius 3 is 2.75 bits per heavy atom.